The van der Waals surface area contributed by atoms with Gasteiger partial charge in [-0.15, -0.1) is 11.3 Å². The summed E-state index contributed by atoms with van der Waals surface area (Å²) in [7, 11) is 0. The van der Waals surface area contributed by atoms with Gasteiger partial charge in [0.25, 0.3) is 0 Å². The Kier molecular flexibility index (Phi) is 5.26. The number of thiazole rings is 1. The largest absolute Gasteiger partial charge is 0.404 e. The molecule has 0 amide bonds. The molecule has 1 saturated carbocycles. The van der Waals surface area contributed by atoms with E-state index in [1.54, 1.807) is 24.7 Å². The van der Waals surface area contributed by atoms with Gasteiger partial charge >= 0.3 is 0 Å². The molecule has 5 N–H and O–H groups in total. The smallest absolute Gasteiger partial charge is 0.212 e. The highest BCUT2D eigenvalue weighted by Crippen LogP contribution is 2.38. The normalized spacial score (nSPS) is 13.9. The van der Waals surface area contributed by atoms with E-state index >= 15 is 0 Å². The molecule has 4 rings (SSSR count). The Bertz CT molecular complexity index is 1090. The van der Waals surface area contributed by atoms with Crippen molar-refractivity contribution in [1.82, 2.24) is 15.0 Å². The second kappa shape index (κ2) is 8.00. The number of nitrogen functional groups attached to an aromatic ring is 1. The molecule has 3 aromatic rings. The molecule has 1 fully saturated rings. The van der Waals surface area contributed by atoms with Gasteiger partial charge in [-0.2, -0.15) is 4.39 Å². The van der Waals surface area contributed by atoms with E-state index in [1.807, 2.05) is 13.0 Å². The maximum atomic E-state index is 13.1. The van der Waals surface area contributed by atoms with E-state index in [9.17, 15) is 4.39 Å². The number of aryl methyl sites for hydroxylation is 1. The number of nitrogens with zero attached hydrogens (tertiary/aromatic N) is 3. The van der Waals surface area contributed by atoms with Crippen molar-refractivity contribution in [3.05, 3.63) is 70.9 Å². The van der Waals surface area contributed by atoms with E-state index in [0.29, 0.717) is 5.69 Å². The lowest BCUT2D eigenvalue weighted by Crippen LogP contribution is -2.13. The number of allylic oxidation sites excluding steroid dienone is 2. The summed E-state index contributed by atoms with van der Waals surface area (Å²) in [4.78, 5) is 13.5. The van der Waals surface area contributed by atoms with Gasteiger partial charge < -0.3 is 16.8 Å². The van der Waals surface area contributed by atoms with E-state index in [4.69, 9.17) is 11.5 Å². The van der Waals surface area contributed by atoms with Crippen LogP contribution >= 0.6 is 11.3 Å². The summed E-state index contributed by atoms with van der Waals surface area (Å²) >= 11 is 1.49. The summed E-state index contributed by atoms with van der Waals surface area (Å²) in [5, 5.41) is 4.27. The average molecular weight is 409 g/mol. The first-order valence-electron chi connectivity index (χ1n) is 9.26. The summed E-state index contributed by atoms with van der Waals surface area (Å²) in [6, 6.07) is 4.90. The average Bonchev–Trinajstić information content (AvgIpc) is 3.14. The minimum absolute atomic E-state index is 0.506. The molecule has 0 atom stereocenters. The number of halogens is 1. The van der Waals surface area contributed by atoms with Crippen molar-refractivity contribution in [3.63, 3.8) is 0 Å². The highest BCUT2D eigenvalue weighted by atomic mass is 32.1. The first-order valence-corrected chi connectivity index (χ1v) is 10.1. The first kappa shape index (κ1) is 19.1. The zero-order valence-corrected chi connectivity index (χ0v) is 16.8. The molecule has 3 aromatic heterocycles. The Hall–Kier alpha value is -3.26. The Morgan fingerprint density at radius 1 is 1.17 bits per heavy atom. The summed E-state index contributed by atoms with van der Waals surface area (Å²) < 4.78 is 13.1. The molecule has 0 spiro atoms. The number of pyridine rings is 2. The van der Waals surface area contributed by atoms with Crippen molar-refractivity contribution in [2.75, 3.05) is 11.1 Å². The molecule has 0 saturated heterocycles. The fraction of sp³-hybridized carbons (Fsp3) is 0.190. The van der Waals surface area contributed by atoms with E-state index in [0.717, 1.165) is 57.4 Å². The van der Waals surface area contributed by atoms with Gasteiger partial charge in [-0.05, 0) is 50.0 Å². The Labute approximate surface area is 172 Å². The van der Waals surface area contributed by atoms with Gasteiger partial charge in [0.1, 0.15) is 5.01 Å². The van der Waals surface area contributed by atoms with Crippen LogP contribution in [-0.2, 0) is 0 Å². The van der Waals surface area contributed by atoms with Gasteiger partial charge in [-0.25, -0.2) is 9.97 Å². The molecule has 0 radical (unpaired) electrons. The molecule has 148 valence electrons. The summed E-state index contributed by atoms with van der Waals surface area (Å²) in [5.41, 5.74) is 18.1. The second-order valence-electron chi connectivity index (χ2n) is 6.84. The number of nitrogens with two attached hydrogens (primary N) is 2. The SMILES string of the molecule is Cc1ncc(N)cc1NC(=C1CCC1)/C(=C/N)c1ncc(-c2ccc(F)nc2)s1. The van der Waals surface area contributed by atoms with Crippen LogP contribution in [0.2, 0.25) is 0 Å². The standard InChI is InChI=1S/C21H21FN6S/c1-12-17(7-15(24)10-25-12)28-20(13-3-2-4-13)16(8-23)21-27-11-18(29-21)14-5-6-19(22)26-9-14/h5-11,28H,2-4,23-24H2,1H3/b16-8-. The van der Waals surface area contributed by atoms with Crippen LogP contribution in [0.15, 0.2) is 54.3 Å². The van der Waals surface area contributed by atoms with Gasteiger partial charge in [0.15, 0.2) is 0 Å². The number of nitrogens with one attached hydrogen (secondary N) is 1. The second-order valence-corrected chi connectivity index (χ2v) is 7.87. The lowest BCUT2D eigenvalue weighted by Gasteiger charge is -2.25. The Balaban J connectivity index is 1.69. The molecule has 3 heterocycles. The van der Waals surface area contributed by atoms with Crippen LogP contribution in [0.25, 0.3) is 16.0 Å². The van der Waals surface area contributed by atoms with Crippen LogP contribution in [0.1, 0.15) is 30.0 Å². The van der Waals surface area contributed by atoms with E-state index in [-0.39, 0.29) is 0 Å². The predicted octanol–water partition coefficient (Wildman–Crippen LogP) is 4.48. The molecular weight excluding hydrogens is 387 g/mol. The predicted molar refractivity (Wildman–Crippen MR) is 115 cm³/mol. The van der Waals surface area contributed by atoms with Crippen molar-refractivity contribution in [2.24, 2.45) is 5.73 Å². The van der Waals surface area contributed by atoms with Gasteiger partial charge in [0.2, 0.25) is 5.95 Å². The molecule has 0 aromatic carbocycles. The lowest BCUT2D eigenvalue weighted by molar-refractivity contribution is 0.584. The van der Waals surface area contributed by atoms with Crippen LogP contribution in [0, 0.1) is 12.9 Å². The summed E-state index contributed by atoms with van der Waals surface area (Å²) in [6.45, 7) is 1.93. The molecule has 1 aliphatic carbocycles. The van der Waals surface area contributed by atoms with Crippen molar-refractivity contribution >= 4 is 28.3 Å². The summed E-state index contributed by atoms with van der Waals surface area (Å²) in [5.74, 6) is -0.506. The Morgan fingerprint density at radius 2 is 2.00 bits per heavy atom. The zero-order valence-electron chi connectivity index (χ0n) is 15.9. The van der Waals surface area contributed by atoms with Crippen LogP contribution < -0.4 is 16.8 Å². The molecule has 29 heavy (non-hydrogen) atoms. The fourth-order valence-electron chi connectivity index (χ4n) is 3.08. The van der Waals surface area contributed by atoms with Crippen molar-refractivity contribution in [1.29, 1.82) is 0 Å². The number of hydrogen-bond donors (Lipinski definition) is 3. The van der Waals surface area contributed by atoms with Gasteiger partial charge in [0, 0.05) is 35.4 Å². The van der Waals surface area contributed by atoms with Crippen molar-refractivity contribution in [3.8, 4) is 10.4 Å². The van der Waals surface area contributed by atoms with E-state index in [1.165, 1.54) is 29.2 Å². The minimum Gasteiger partial charge on any atom is -0.404 e. The van der Waals surface area contributed by atoms with Crippen LogP contribution in [-0.4, -0.2) is 15.0 Å². The van der Waals surface area contributed by atoms with Crippen molar-refractivity contribution < 1.29 is 4.39 Å². The van der Waals surface area contributed by atoms with Gasteiger partial charge in [-0.1, -0.05) is 0 Å². The molecule has 0 bridgehead atoms. The fourth-order valence-corrected chi connectivity index (χ4v) is 4.01. The molecule has 8 heteroatoms. The first-order chi connectivity index (χ1) is 14.0. The molecule has 0 unspecified atom stereocenters. The minimum atomic E-state index is -0.506. The Morgan fingerprint density at radius 3 is 2.66 bits per heavy atom. The molecule has 6 nitrogen and oxygen atoms in total. The van der Waals surface area contributed by atoms with Crippen LogP contribution in [0.3, 0.4) is 0 Å². The maximum absolute atomic E-state index is 13.1. The highest BCUT2D eigenvalue weighted by Gasteiger charge is 2.22. The molecule has 0 aliphatic heterocycles. The van der Waals surface area contributed by atoms with Gasteiger partial charge in [-0.3, -0.25) is 4.98 Å². The summed E-state index contributed by atoms with van der Waals surface area (Å²) in [6.07, 6.45) is 9.65. The molecular formula is C21H21FN6S. The quantitative estimate of drug-likeness (QED) is 0.538. The van der Waals surface area contributed by atoms with Crippen LogP contribution in [0.4, 0.5) is 15.8 Å². The van der Waals surface area contributed by atoms with Crippen molar-refractivity contribution in [2.45, 2.75) is 26.2 Å². The number of hydrogen-bond acceptors (Lipinski definition) is 7. The highest BCUT2D eigenvalue weighted by molar-refractivity contribution is 7.16. The lowest BCUT2D eigenvalue weighted by atomic mass is 9.88. The third-order valence-electron chi connectivity index (χ3n) is 4.86. The van der Waals surface area contributed by atoms with E-state index < -0.39 is 5.95 Å². The number of rotatable bonds is 5. The van der Waals surface area contributed by atoms with E-state index in [2.05, 4.69) is 20.3 Å². The van der Waals surface area contributed by atoms with Gasteiger partial charge in [0.05, 0.1) is 28.1 Å². The van der Waals surface area contributed by atoms with Crippen LogP contribution in [0.5, 0.6) is 0 Å². The molecule has 1 aliphatic rings. The zero-order chi connectivity index (χ0) is 20.4. The third-order valence-corrected chi connectivity index (χ3v) is 5.94. The maximum Gasteiger partial charge on any atom is 0.212 e. The number of anilines is 2. The third kappa shape index (κ3) is 3.97. The topological polar surface area (TPSA) is 103 Å². The monoisotopic (exact) mass is 408 g/mol. The number of aromatic nitrogens is 3.